The number of benzene rings is 2. The molecule has 0 heterocycles. The number of hydrogen-bond acceptors (Lipinski definition) is 0. The molecule has 0 nitrogen and oxygen atoms in total. The van der Waals surface area contributed by atoms with E-state index in [9.17, 15) is 0 Å². The first kappa shape index (κ1) is 21.7. The van der Waals surface area contributed by atoms with Gasteiger partial charge in [0.25, 0.3) is 0 Å². The maximum Gasteiger partial charge on any atom is -0.00258 e. The van der Waals surface area contributed by atoms with Crippen molar-refractivity contribution in [1.29, 1.82) is 0 Å². The highest BCUT2D eigenvalue weighted by molar-refractivity contribution is 5.25. The van der Waals surface area contributed by atoms with Crippen molar-refractivity contribution in [2.75, 3.05) is 0 Å². The molecule has 0 saturated heterocycles. The molecule has 2 aromatic rings. The van der Waals surface area contributed by atoms with Crippen molar-refractivity contribution >= 4 is 0 Å². The van der Waals surface area contributed by atoms with Gasteiger partial charge >= 0.3 is 0 Å². The Kier molecular flexibility index (Phi) is 19.1. The largest absolute Gasteiger partial charge is 0.0683 e. The standard InChI is InChI=1S/C13H12.2C3H8.C2H6/c1-3-7-12(8-4-1)11-13-9-5-2-6-10-13;2*1-3-2;1-2/h1-10H,11H2;2*3H2,1-2H3;1-2H3. The Balaban J connectivity index is 0. The van der Waals surface area contributed by atoms with Gasteiger partial charge in [-0.1, -0.05) is 115 Å². The fourth-order valence-corrected chi connectivity index (χ4v) is 1.43. The van der Waals surface area contributed by atoms with E-state index in [4.69, 9.17) is 0 Å². The molecule has 0 N–H and O–H groups in total. The number of hydrogen-bond donors (Lipinski definition) is 0. The molecule has 0 atom stereocenters. The summed E-state index contributed by atoms with van der Waals surface area (Å²) in [5.41, 5.74) is 2.74. The van der Waals surface area contributed by atoms with E-state index < -0.39 is 0 Å². The van der Waals surface area contributed by atoms with Gasteiger partial charge < -0.3 is 0 Å². The summed E-state index contributed by atoms with van der Waals surface area (Å²) in [5.74, 6) is 0. The third kappa shape index (κ3) is 14.7. The molecule has 0 aliphatic carbocycles. The van der Waals surface area contributed by atoms with Gasteiger partial charge in [0.15, 0.2) is 0 Å². The van der Waals surface area contributed by atoms with Crippen molar-refractivity contribution in [3.63, 3.8) is 0 Å². The average Bonchev–Trinajstić information content (AvgIpc) is 2.53. The molecule has 0 aliphatic heterocycles. The lowest BCUT2D eigenvalue weighted by Gasteiger charge is -2.00. The van der Waals surface area contributed by atoms with E-state index in [1.807, 2.05) is 13.8 Å². The zero-order valence-corrected chi connectivity index (χ0v) is 14.9. The van der Waals surface area contributed by atoms with E-state index in [0.717, 1.165) is 6.42 Å². The van der Waals surface area contributed by atoms with Gasteiger partial charge in [0.05, 0.1) is 0 Å². The van der Waals surface area contributed by atoms with Gasteiger partial charge in [0, 0.05) is 0 Å². The fraction of sp³-hybridized carbons (Fsp3) is 0.429. The van der Waals surface area contributed by atoms with E-state index >= 15 is 0 Å². The van der Waals surface area contributed by atoms with Gasteiger partial charge in [0.2, 0.25) is 0 Å². The predicted octanol–water partition coefficient (Wildman–Crippen LogP) is 7.14. The molecule has 0 aromatic heterocycles. The van der Waals surface area contributed by atoms with Crippen LogP contribution in [0, 0.1) is 0 Å². The topological polar surface area (TPSA) is 0 Å². The molecule has 2 rings (SSSR count). The second-order valence-corrected chi connectivity index (χ2v) is 4.56. The first-order chi connectivity index (χ1) is 10.3. The van der Waals surface area contributed by atoms with E-state index in [-0.39, 0.29) is 0 Å². The van der Waals surface area contributed by atoms with Crippen LogP contribution < -0.4 is 0 Å². The van der Waals surface area contributed by atoms with Crippen LogP contribution >= 0.6 is 0 Å². The molecule has 0 radical (unpaired) electrons. The lowest BCUT2D eigenvalue weighted by Crippen LogP contribution is -1.85. The lowest BCUT2D eigenvalue weighted by molar-refractivity contribution is 1.09. The Bertz CT molecular complexity index is 336. The monoisotopic (exact) mass is 286 g/mol. The molecule has 0 saturated carbocycles. The van der Waals surface area contributed by atoms with Crippen LogP contribution in [-0.4, -0.2) is 0 Å². The molecule has 2 aromatic carbocycles. The van der Waals surface area contributed by atoms with E-state index in [1.165, 1.54) is 24.0 Å². The Labute approximate surface area is 133 Å². The summed E-state index contributed by atoms with van der Waals surface area (Å²) >= 11 is 0. The molecule has 0 aliphatic rings. The van der Waals surface area contributed by atoms with Crippen molar-refractivity contribution in [3.05, 3.63) is 71.8 Å². The van der Waals surface area contributed by atoms with Crippen molar-refractivity contribution < 1.29 is 0 Å². The predicted molar refractivity (Wildman–Crippen MR) is 99.0 cm³/mol. The van der Waals surface area contributed by atoms with Gasteiger partial charge in [-0.3, -0.25) is 0 Å². The van der Waals surface area contributed by atoms with Gasteiger partial charge in [0.1, 0.15) is 0 Å². The molecule has 21 heavy (non-hydrogen) atoms. The van der Waals surface area contributed by atoms with Gasteiger partial charge in [-0.25, -0.2) is 0 Å². The van der Waals surface area contributed by atoms with Crippen molar-refractivity contribution in [2.24, 2.45) is 0 Å². The van der Waals surface area contributed by atoms with E-state index in [0.29, 0.717) is 0 Å². The van der Waals surface area contributed by atoms with E-state index in [2.05, 4.69) is 88.4 Å². The first-order valence-electron chi connectivity index (χ1n) is 8.36. The summed E-state index contributed by atoms with van der Waals surface area (Å²) in [4.78, 5) is 0. The average molecular weight is 287 g/mol. The minimum atomic E-state index is 1.03. The van der Waals surface area contributed by atoms with Crippen LogP contribution in [-0.2, 0) is 6.42 Å². The third-order valence-corrected chi connectivity index (χ3v) is 2.09. The molecule has 0 spiro atoms. The van der Waals surface area contributed by atoms with Gasteiger partial charge in [-0.05, 0) is 17.5 Å². The minimum absolute atomic E-state index is 1.03. The smallest absolute Gasteiger partial charge is 0.00258 e. The highest BCUT2D eigenvalue weighted by Crippen LogP contribution is 2.07. The van der Waals surface area contributed by atoms with Gasteiger partial charge in [-0.2, -0.15) is 0 Å². The van der Waals surface area contributed by atoms with Crippen molar-refractivity contribution in [2.45, 2.75) is 60.8 Å². The fourth-order valence-electron chi connectivity index (χ4n) is 1.43. The zero-order valence-electron chi connectivity index (χ0n) is 14.9. The van der Waals surface area contributed by atoms with Crippen LogP contribution in [0.3, 0.4) is 0 Å². The highest BCUT2D eigenvalue weighted by atomic mass is 14.0. The minimum Gasteiger partial charge on any atom is -0.0683 e. The van der Waals surface area contributed by atoms with E-state index in [1.54, 1.807) is 0 Å². The quantitative estimate of drug-likeness (QED) is 0.550. The molecule has 0 unspecified atom stereocenters. The molecule has 118 valence electrons. The summed E-state index contributed by atoms with van der Waals surface area (Å²) in [6, 6.07) is 21.1. The van der Waals surface area contributed by atoms with Crippen LogP contribution in [0.15, 0.2) is 60.7 Å². The number of rotatable bonds is 2. The molecule has 0 fully saturated rings. The van der Waals surface area contributed by atoms with Crippen molar-refractivity contribution in [3.8, 4) is 0 Å². The Hall–Kier alpha value is -1.56. The normalized spacial score (nSPS) is 8.10. The summed E-state index contributed by atoms with van der Waals surface area (Å²) in [6.45, 7) is 12.5. The van der Waals surface area contributed by atoms with Crippen LogP contribution in [0.2, 0.25) is 0 Å². The first-order valence-corrected chi connectivity index (χ1v) is 8.36. The summed E-state index contributed by atoms with van der Waals surface area (Å²) in [7, 11) is 0. The Morgan fingerprint density at radius 2 is 0.762 bits per heavy atom. The summed E-state index contributed by atoms with van der Waals surface area (Å²) < 4.78 is 0. The Morgan fingerprint density at radius 3 is 1.00 bits per heavy atom. The lowest BCUT2D eigenvalue weighted by atomic mass is 10.1. The van der Waals surface area contributed by atoms with Crippen LogP contribution in [0.1, 0.15) is 65.5 Å². The van der Waals surface area contributed by atoms with Gasteiger partial charge in [-0.15, -0.1) is 0 Å². The van der Waals surface area contributed by atoms with Crippen molar-refractivity contribution in [1.82, 2.24) is 0 Å². The Morgan fingerprint density at radius 1 is 0.524 bits per heavy atom. The molecular formula is C21H34. The second-order valence-electron chi connectivity index (χ2n) is 4.56. The summed E-state index contributed by atoms with van der Waals surface area (Å²) in [5, 5.41) is 0. The summed E-state index contributed by atoms with van der Waals surface area (Å²) in [6.07, 6.45) is 3.53. The maximum absolute atomic E-state index is 2.16. The SMILES string of the molecule is CC.CCC.CCC.c1ccc(Cc2ccccc2)cc1. The van der Waals surface area contributed by atoms with Crippen LogP contribution in [0.5, 0.6) is 0 Å². The molecular weight excluding hydrogens is 252 g/mol. The third-order valence-electron chi connectivity index (χ3n) is 2.09. The zero-order chi connectivity index (χ0) is 16.3. The molecule has 0 heteroatoms. The molecule has 0 bridgehead atoms. The molecule has 0 amide bonds. The second kappa shape index (κ2) is 18.4. The van der Waals surface area contributed by atoms with Crippen LogP contribution in [0.25, 0.3) is 0 Å². The van der Waals surface area contributed by atoms with Crippen LogP contribution in [0.4, 0.5) is 0 Å². The highest BCUT2D eigenvalue weighted by Gasteiger charge is 1.92. The maximum atomic E-state index is 2.16.